The third-order valence-electron chi connectivity index (χ3n) is 14.5. The first-order valence-corrected chi connectivity index (χ1v) is 22.1. The van der Waals surface area contributed by atoms with Crippen molar-refractivity contribution in [2.75, 3.05) is 6.61 Å². The van der Waals surface area contributed by atoms with E-state index >= 15 is 0 Å². The number of aliphatic carboxylic acids is 1. The number of hydrogen-bond donors (Lipinski definition) is 5. The summed E-state index contributed by atoms with van der Waals surface area (Å²) >= 11 is 0. The largest absolute Gasteiger partial charge is 0.479 e. The Balaban J connectivity index is 0.922. The number of ether oxygens (including phenoxy) is 7. The third kappa shape index (κ3) is 8.93. The first-order chi connectivity index (χ1) is 27.3. The second-order valence-electron chi connectivity index (χ2n) is 19.4. The summed E-state index contributed by atoms with van der Waals surface area (Å²) in [6.45, 7) is 16.7. The van der Waals surface area contributed by atoms with Gasteiger partial charge >= 0.3 is 5.97 Å². The van der Waals surface area contributed by atoms with E-state index in [2.05, 4.69) is 33.4 Å². The van der Waals surface area contributed by atoms with E-state index in [1.165, 1.54) is 6.92 Å². The molecule has 7 aliphatic rings. The Bertz CT molecular complexity index is 1550. The fraction of sp³-hybridized carbons (Fsp3) is 0.844. The predicted molar refractivity (Wildman–Crippen MR) is 212 cm³/mol. The molecule has 5 N–H and O–H groups in total. The fourth-order valence-corrected chi connectivity index (χ4v) is 10.9. The van der Waals surface area contributed by atoms with Crippen LogP contribution in [0.5, 0.6) is 0 Å². The molecule has 7 rings (SSSR count). The lowest BCUT2D eigenvalue weighted by atomic mass is 9.78. The molecule has 58 heavy (non-hydrogen) atoms. The van der Waals surface area contributed by atoms with E-state index < -0.39 is 71.7 Å². The number of carbonyl (C=O) groups is 1. The minimum absolute atomic E-state index is 0.0385. The normalized spacial score (nSPS) is 46.1. The summed E-state index contributed by atoms with van der Waals surface area (Å²) in [5.74, 6) is -3.56. The van der Waals surface area contributed by atoms with Gasteiger partial charge in [-0.2, -0.15) is 0 Å². The summed E-state index contributed by atoms with van der Waals surface area (Å²) < 4.78 is 45.5. The maximum absolute atomic E-state index is 11.6. The second kappa shape index (κ2) is 17.2. The van der Waals surface area contributed by atoms with Crippen molar-refractivity contribution in [1.82, 2.24) is 0 Å². The predicted octanol–water partition coefficient (Wildman–Crippen LogP) is 5.46. The zero-order valence-corrected chi connectivity index (χ0v) is 35.4. The summed E-state index contributed by atoms with van der Waals surface area (Å²) in [6.07, 6.45) is 8.36. The Morgan fingerprint density at radius 2 is 1.78 bits per heavy atom. The van der Waals surface area contributed by atoms with Crippen molar-refractivity contribution in [2.45, 2.75) is 209 Å². The molecular weight excluding hydrogens is 748 g/mol. The number of carboxylic acids is 1. The molecule has 3 spiro atoms. The van der Waals surface area contributed by atoms with Gasteiger partial charge in [0.25, 0.3) is 0 Å². The smallest absolute Gasteiger partial charge is 0.335 e. The highest BCUT2D eigenvalue weighted by molar-refractivity contribution is 5.76. The van der Waals surface area contributed by atoms with E-state index in [0.29, 0.717) is 62.4 Å². The lowest BCUT2D eigenvalue weighted by Crippen LogP contribution is -2.60. The molecule has 0 aromatic rings. The molecule has 0 radical (unpaired) electrons. The van der Waals surface area contributed by atoms with Crippen molar-refractivity contribution in [1.29, 1.82) is 0 Å². The lowest BCUT2D eigenvalue weighted by molar-refractivity contribution is -0.334. The van der Waals surface area contributed by atoms with E-state index in [4.69, 9.17) is 33.2 Å². The van der Waals surface area contributed by atoms with Gasteiger partial charge in [-0.1, -0.05) is 52.0 Å². The average molecular weight is 819 g/mol. The van der Waals surface area contributed by atoms with Gasteiger partial charge in [0.1, 0.15) is 24.4 Å². The van der Waals surface area contributed by atoms with Crippen LogP contribution in [0.25, 0.3) is 0 Å². The molecule has 13 heteroatoms. The van der Waals surface area contributed by atoms with Crippen molar-refractivity contribution in [3.05, 3.63) is 36.0 Å². The average Bonchev–Trinajstić information content (AvgIpc) is 3.57. The van der Waals surface area contributed by atoms with E-state index in [9.17, 15) is 30.3 Å². The molecule has 7 aliphatic heterocycles. The van der Waals surface area contributed by atoms with Gasteiger partial charge in [0.05, 0.1) is 43.2 Å². The Kier molecular flexibility index (Phi) is 13.1. The quantitative estimate of drug-likeness (QED) is 0.176. The Morgan fingerprint density at radius 1 is 1.02 bits per heavy atom. The molecule has 6 fully saturated rings. The van der Waals surface area contributed by atoms with Crippen LogP contribution < -0.4 is 0 Å². The summed E-state index contributed by atoms with van der Waals surface area (Å²) in [5.41, 5.74) is -0.554. The van der Waals surface area contributed by atoms with Crippen molar-refractivity contribution < 1.29 is 63.5 Å². The number of carboxylic acid groups (broad SMARTS) is 1. The molecule has 0 aromatic heterocycles. The van der Waals surface area contributed by atoms with Crippen LogP contribution in [0.3, 0.4) is 0 Å². The van der Waals surface area contributed by atoms with Gasteiger partial charge in [0, 0.05) is 37.5 Å². The van der Waals surface area contributed by atoms with Gasteiger partial charge in [-0.15, -0.1) is 0 Å². The van der Waals surface area contributed by atoms with Crippen molar-refractivity contribution in [2.24, 2.45) is 23.7 Å². The first kappa shape index (κ1) is 44.3. The van der Waals surface area contributed by atoms with Gasteiger partial charge in [-0.25, -0.2) is 4.79 Å². The number of aliphatic hydroxyl groups excluding tert-OH is 3. The van der Waals surface area contributed by atoms with Crippen LogP contribution in [-0.4, -0.2) is 122 Å². The van der Waals surface area contributed by atoms with Crippen LogP contribution in [0.4, 0.5) is 0 Å². The van der Waals surface area contributed by atoms with Gasteiger partial charge in [-0.05, 0) is 95.1 Å². The molecule has 13 nitrogen and oxygen atoms in total. The fourth-order valence-electron chi connectivity index (χ4n) is 10.9. The van der Waals surface area contributed by atoms with Gasteiger partial charge in [0.15, 0.2) is 17.2 Å². The summed E-state index contributed by atoms with van der Waals surface area (Å²) in [6, 6.07) is 0. The molecule has 2 unspecified atom stereocenters. The van der Waals surface area contributed by atoms with Gasteiger partial charge in [0.2, 0.25) is 5.79 Å². The van der Waals surface area contributed by atoms with Crippen molar-refractivity contribution in [3.8, 4) is 0 Å². The monoisotopic (exact) mass is 818 g/mol. The third-order valence-corrected chi connectivity index (χ3v) is 14.5. The minimum atomic E-state index is -1.96. The lowest BCUT2D eigenvalue weighted by Gasteiger charge is -2.51. The second-order valence-corrected chi connectivity index (χ2v) is 19.4. The topological polar surface area (TPSA) is 183 Å². The molecule has 0 bridgehead atoms. The number of aliphatic hydroxyl groups is 4. The molecular formula is C45H70O13. The van der Waals surface area contributed by atoms with Crippen molar-refractivity contribution in [3.63, 3.8) is 0 Å². The van der Waals surface area contributed by atoms with Crippen LogP contribution >= 0.6 is 0 Å². The van der Waals surface area contributed by atoms with E-state index in [1.807, 2.05) is 19.9 Å². The Labute approximate surface area is 344 Å². The molecule has 0 amide bonds. The zero-order valence-electron chi connectivity index (χ0n) is 35.4. The van der Waals surface area contributed by atoms with Gasteiger partial charge in [-0.3, -0.25) is 0 Å². The van der Waals surface area contributed by atoms with Crippen LogP contribution in [-0.2, 0) is 38.0 Å². The standard InChI is InChI=1S/C45H70O13/c1-25-21-35(56-45(23-25)36(47)13-12-32(55-45)24-42(7,51)41(49)50)26(2)10-11-31-15-17-43(54-31)18-16-34-40(57-43)37(48)30(6)39(53-34)33(46)22-28(4)38-27(3)14-19-44(58-38)29(5)9-8-20-52-44/h10-11,23,26-29,31-40,46-48,51H,6,8-9,12-22,24H2,1-5,7H3,(H,49,50)/b11-10+/t26-,27-,28+,29?,31+,32+,33+,34-,35+,36-,37-,38+,39?,40-,42-,43-,44-,45-/m1/s1. The highest BCUT2D eigenvalue weighted by Crippen LogP contribution is 2.48. The highest BCUT2D eigenvalue weighted by Gasteiger charge is 2.55. The molecule has 328 valence electrons. The molecule has 18 atom stereocenters. The van der Waals surface area contributed by atoms with Crippen LogP contribution in [0.1, 0.15) is 125 Å². The van der Waals surface area contributed by atoms with E-state index in [1.54, 1.807) is 6.08 Å². The highest BCUT2D eigenvalue weighted by atomic mass is 16.7. The maximum atomic E-state index is 11.6. The number of fused-ring (bicyclic) bond motifs is 1. The Morgan fingerprint density at radius 3 is 2.52 bits per heavy atom. The summed E-state index contributed by atoms with van der Waals surface area (Å²) in [5, 5.41) is 54.1. The summed E-state index contributed by atoms with van der Waals surface area (Å²) in [7, 11) is 0. The molecule has 0 aromatic carbocycles. The molecule has 6 saturated heterocycles. The SMILES string of the molecule is C=C1C([C@@H](O)C[C@H](C)[C@H]2O[C@@]3(CC[C@H]2C)OCCCC3C)O[C@@H]2CC[C@@]3(CC[C@H](/C=C/[C@@H](C)[C@@H]4CC(C)=C[C@@]5(O[C@H](C[C@@](C)(O)C(=O)O)CC[C@H]5O)O4)O3)O[C@H]2[C@@H]1O. The van der Waals surface area contributed by atoms with Crippen LogP contribution in [0.2, 0.25) is 0 Å². The van der Waals surface area contributed by atoms with E-state index in [0.717, 1.165) is 44.3 Å². The summed E-state index contributed by atoms with van der Waals surface area (Å²) in [4.78, 5) is 11.6. The van der Waals surface area contributed by atoms with Crippen LogP contribution in [0, 0.1) is 23.7 Å². The maximum Gasteiger partial charge on any atom is 0.335 e. The van der Waals surface area contributed by atoms with Gasteiger partial charge < -0.3 is 58.7 Å². The number of rotatable bonds is 10. The minimum Gasteiger partial charge on any atom is -0.479 e. The van der Waals surface area contributed by atoms with E-state index in [-0.39, 0.29) is 36.6 Å². The Hall–Kier alpha value is -1.75. The molecule has 0 aliphatic carbocycles. The number of hydrogen-bond acceptors (Lipinski definition) is 12. The van der Waals surface area contributed by atoms with Crippen LogP contribution in [0.15, 0.2) is 36.0 Å². The molecule has 0 saturated carbocycles. The zero-order chi connectivity index (χ0) is 41.8. The molecule has 7 heterocycles. The first-order valence-electron chi connectivity index (χ1n) is 22.1. The van der Waals surface area contributed by atoms with Crippen molar-refractivity contribution >= 4 is 5.97 Å².